The summed E-state index contributed by atoms with van der Waals surface area (Å²) in [6.07, 6.45) is -1.36. The van der Waals surface area contributed by atoms with Gasteiger partial charge in [0, 0.05) is 31.6 Å². The fourth-order valence-corrected chi connectivity index (χ4v) is 6.28. The number of rotatable bonds is 12. The number of hydrogen-bond donors (Lipinski definition) is 4. The molecule has 9 nitrogen and oxygen atoms in total. The van der Waals surface area contributed by atoms with Gasteiger partial charge in [0.2, 0.25) is 10.0 Å². The summed E-state index contributed by atoms with van der Waals surface area (Å²) >= 11 is 0. The van der Waals surface area contributed by atoms with E-state index < -0.39 is 22.4 Å². The minimum absolute atomic E-state index is 0.0413. The average Bonchev–Trinajstić information content (AvgIpc) is 3.04. The fraction of sp³-hybridized carbons (Fsp3) is 0.294. The lowest BCUT2D eigenvalue weighted by Crippen LogP contribution is -2.39. The van der Waals surface area contributed by atoms with Crippen LogP contribution in [0.5, 0.6) is 5.75 Å². The first kappa shape index (κ1) is 31.8. The van der Waals surface area contributed by atoms with Crippen molar-refractivity contribution in [3.8, 4) is 5.75 Å². The molecule has 1 saturated heterocycles. The molecule has 4 atom stereocenters. The molecular weight excluding hydrogens is 580 g/mol. The Labute approximate surface area is 258 Å². The van der Waals surface area contributed by atoms with Gasteiger partial charge in [0.05, 0.1) is 29.8 Å². The minimum atomic E-state index is -3.63. The molecule has 0 radical (unpaired) electrons. The van der Waals surface area contributed by atoms with Gasteiger partial charge >= 0.3 is 0 Å². The number of nitrogens with zero attached hydrogens (tertiary/aromatic N) is 1. The molecule has 0 bridgehead atoms. The Kier molecular flexibility index (Phi) is 10.4. The van der Waals surface area contributed by atoms with E-state index in [1.54, 1.807) is 54.6 Å². The molecule has 0 saturated carbocycles. The third-order valence-electron chi connectivity index (χ3n) is 7.64. The van der Waals surface area contributed by atoms with E-state index in [4.69, 9.17) is 9.47 Å². The van der Waals surface area contributed by atoms with E-state index in [-0.39, 0.29) is 36.0 Å². The van der Waals surface area contributed by atoms with Crippen molar-refractivity contribution in [2.75, 3.05) is 20.1 Å². The Morgan fingerprint density at radius 2 is 1.57 bits per heavy atom. The van der Waals surface area contributed by atoms with E-state index >= 15 is 0 Å². The van der Waals surface area contributed by atoms with Crippen LogP contribution in [0.25, 0.3) is 0 Å². The molecule has 1 fully saturated rings. The van der Waals surface area contributed by atoms with Crippen LogP contribution in [-0.2, 0) is 32.6 Å². The maximum Gasteiger partial charge on any atom is 0.240 e. The van der Waals surface area contributed by atoms with Crippen LogP contribution in [0.1, 0.15) is 52.7 Å². The second-order valence-electron chi connectivity index (χ2n) is 11.1. The van der Waals surface area contributed by atoms with Crippen molar-refractivity contribution in [3.05, 3.63) is 131 Å². The molecule has 0 aliphatic carbocycles. The summed E-state index contributed by atoms with van der Waals surface area (Å²) in [6.45, 7) is 0.970. The van der Waals surface area contributed by atoms with Crippen LogP contribution in [0, 0.1) is 0 Å². The van der Waals surface area contributed by atoms with E-state index in [0.29, 0.717) is 25.1 Å². The van der Waals surface area contributed by atoms with Crippen molar-refractivity contribution in [2.24, 2.45) is 0 Å². The first-order chi connectivity index (χ1) is 21.2. The van der Waals surface area contributed by atoms with Crippen LogP contribution in [0.4, 0.5) is 0 Å². The topological polar surface area (TPSA) is 129 Å². The average molecular weight is 619 g/mol. The lowest BCUT2D eigenvalue weighted by molar-refractivity contribution is -0.252. The zero-order valence-corrected chi connectivity index (χ0v) is 25.3. The third kappa shape index (κ3) is 8.30. The zero-order valence-electron chi connectivity index (χ0n) is 24.5. The molecule has 1 heterocycles. The number of ether oxygens (including phenoxy) is 2. The first-order valence-corrected chi connectivity index (χ1v) is 16.0. The van der Waals surface area contributed by atoms with Gasteiger partial charge in [0.1, 0.15) is 5.75 Å². The van der Waals surface area contributed by atoms with Gasteiger partial charge < -0.3 is 29.7 Å². The van der Waals surface area contributed by atoms with E-state index in [1.807, 2.05) is 60.5 Å². The summed E-state index contributed by atoms with van der Waals surface area (Å²) in [5.74, 6) is 0.106. The quantitative estimate of drug-likeness (QED) is 0.182. The predicted octanol–water partition coefficient (Wildman–Crippen LogP) is 4.57. The lowest BCUT2D eigenvalue weighted by atomic mass is 9.99. The smallest absolute Gasteiger partial charge is 0.240 e. The minimum Gasteiger partial charge on any atom is -0.508 e. The molecule has 0 spiro atoms. The fourth-order valence-electron chi connectivity index (χ4n) is 5.24. The van der Waals surface area contributed by atoms with Gasteiger partial charge in [0.25, 0.3) is 0 Å². The van der Waals surface area contributed by atoms with Crippen molar-refractivity contribution < 1.29 is 33.2 Å². The number of nitrogens with one attached hydrogen (secondary N) is 1. The zero-order chi connectivity index (χ0) is 31.1. The lowest BCUT2D eigenvalue weighted by Gasteiger charge is -2.38. The second-order valence-corrected chi connectivity index (χ2v) is 12.8. The highest BCUT2D eigenvalue weighted by Crippen LogP contribution is 2.38. The number of likely N-dealkylation sites (N-methyl/N-ethyl adjacent to an activating group) is 1. The summed E-state index contributed by atoms with van der Waals surface area (Å²) in [6, 6.07) is 30.0. The van der Waals surface area contributed by atoms with Crippen LogP contribution >= 0.6 is 0 Å². The van der Waals surface area contributed by atoms with Crippen molar-refractivity contribution in [3.63, 3.8) is 0 Å². The van der Waals surface area contributed by atoms with E-state index in [1.165, 1.54) is 0 Å². The van der Waals surface area contributed by atoms with Crippen molar-refractivity contribution >= 4 is 10.0 Å². The summed E-state index contributed by atoms with van der Waals surface area (Å²) in [5.41, 5.74) is 4.00. The Morgan fingerprint density at radius 3 is 2.25 bits per heavy atom. The van der Waals surface area contributed by atoms with E-state index in [9.17, 15) is 23.7 Å². The molecule has 0 unspecified atom stereocenters. The van der Waals surface area contributed by atoms with E-state index in [2.05, 4.69) is 4.72 Å². The largest absolute Gasteiger partial charge is 0.508 e. The monoisotopic (exact) mass is 618 g/mol. The van der Waals surface area contributed by atoms with Crippen molar-refractivity contribution in [2.45, 2.75) is 49.1 Å². The van der Waals surface area contributed by atoms with Crippen molar-refractivity contribution in [1.29, 1.82) is 0 Å². The number of aromatic hydroxyl groups is 1. The summed E-state index contributed by atoms with van der Waals surface area (Å²) in [4.78, 5) is 2.21. The van der Waals surface area contributed by atoms with Crippen LogP contribution in [0.3, 0.4) is 0 Å². The molecule has 5 rings (SSSR count). The standard InChI is InChI=1S/C34H38N2O7S/c1-36(22-32(39)28-6-5-7-29(38)18-28)21-30-19-33(26-14-12-25(23-37)13-15-26)43-34(42-30)27-16-10-24(11-17-27)20-35-44(40,41)31-8-3-2-4-9-31/h2-18,30,32-35,37-39H,19-23H2,1H3/t30-,32+,33+,34+/m0/s1. The van der Waals surface area contributed by atoms with Gasteiger partial charge in [-0.25, -0.2) is 13.1 Å². The normalized spacial score (nSPS) is 19.6. The molecule has 232 valence electrons. The molecular formula is C34H38N2O7S. The number of hydrogen-bond acceptors (Lipinski definition) is 8. The van der Waals surface area contributed by atoms with Gasteiger partial charge in [0.15, 0.2) is 6.29 Å². The number of phenolic OH excluding ortho intramolecular Hbond substituents is 1. The highest BCUT2D eigenvalue weighted by molar-refractivity contribution is 7.89. The first-order valence-electron chi connectivity index (χ1n) is 14.5. The Balaban J connectivity index is 1.28. The Morgan fingerprint density at radius 1 is 0.886 bits per heavy atom. The molecule has 1 aliphatic rings. The van der Waals surface area contributed by atoms with Gasteiger partial charge in [-0.15, -0.1) is 0 Å². The van der Waals surface area contributed by atoms with Crippen LogP contribution in [-0.4, -0.2) is 54.9 Å². The van der Waals surface area contributed by atoms with Crippen LogP contribution < -0.4 is 4.72 Å². The number of phenols is 1. The third-order valence-corrected chi connectivity index (χ3v) is 9.06. The summed E-state index contributed by atoms with van der Waals surface area (Å²) < 4.78 is 40.7. The second kappa shape index (κ2) is 14.4. The number of benzene rings is 4. The molecule has 1 aliphatic heterocycles. The molecule has 0 aromatic heterocycles. The molecule has 0 amide bonds. The maximum atomic E-state index is 12.6. The van der Waals surface area contributed by atoms with Crippen molar-refractivity contribution in [1.82, 2.24) is 9.62 Å². The van der Waals surface area contributed by atoms with Gasteiger partial charge in [-0.2, -0.15) is 0 Å². The summed E-state index contributed by atoms with van der Waals surface area (Å²) in [5, 5.41) is 30.0. The van der Waals surface area contributed by atoms with Crippen LogP contribution in [0.15, 0.2) is 108 Å². The van der Waals surface area contributed by atoms with Gasteiger partial charge in [-0.3, -0.25) is 0 Å². The van der Waals surface area contributed by atoms with Gasteiger partial charge in [-0.1, -0.05) is 78.9 Å². The highest BCUT2D eigenvalue weighted by atomic mass is 32.2. The van der Waals surface area contributed by atoms with Gasteiger partial charge in [-0.05, 0) is 53.6 Å². The molecule has 10 heteroatoms. The molecule has 4 N–H and O–H groups in total. The summed E-state index contributed by atoms with van der Waals surface area (Å²) in [7, 11) is -1.72. The number of sulfonamides is 1. The highest BCUT2D eigenvalue weighted by Gasteiger charge is 2.33. The predicted molar refractivity (Wildman–Crippen MR) is 166 cm³/mol. The van der Waals surface area contributed by atoms with Crippen LogP contribution in [0.2, 0.25) is 0 Å². The maximum absolute atomic E-state index is 12.6. The molecule has 4 aromatic carbocycles. The molecule has 4 aromatic rings. The Hall–Kier alpha value is -3.61. The Bertz CT molecular complexity index is 1600. The molecule has 44 heavy (non-hydrogen) atoms. The van der Waals surface area contributed by atoms with E-state index in [0.717, 1.165) is 22.3 Å². The number of aliphatic hydroxyl groups is 2. The SMILES string of the molecule is CN(C[C@@H]1C[C@H](c2ccc(CO)cc2)O[C@H](c2ccc(CNS(=O)(=O)c3ccccc3)cc2)O1)C[C@@H](O)c1cccc(O)c1. The number of aliphatic hydroxyl groups excluding tert-OH is 2.